The molecule has 4 aromatic rings. The van der Waals surface area contributed by atoms with Crippen LogP contribution in [0.4, 0.5) is 0 Å². The zero-order valence-electron chi connectivity index (χ0n) is 13.3. The van der Waals surface area contributed by atoms with Crippen molar-refractivity contribution < 1.29 is 4.42 Å². The minimum Gasteiger partial charge on any atom is -0.455 e. The third-order valence-corrected chi connectivity index (χ3v) is 3.77. The van der Waals surface area contributed by atoms with Gasteiger partial charge in [0.05, 0.1) is 0 Å². The fourth-order valence-electron chi connectivity index (χ4n) is 2.71. The Morgan fingerprint density at radius 2 is 1.36 bits per heavy atom. The van der Waals surface area contributed by atoms with Crippen molar-refractivity contribution in [1.82, 2.24) is 0 Å². The second kappa shape index (κ2) is 6.07. The van der Waals surface area contributed by atoms with Gasteiger partial charge in [0.25, 0.3) is 0 Å². The first-order chi connectivity index (χ1) is 10.8. The number of furan rings is 1. The molecule has 110 valence electrons. The summed E-state index contributed by atoms with van der Waals surface area (Å²) in [5.74, 6) is 0. The Morgan fingerprint density at radius 1 is 0.682 bits per heavy atom. The van der Waals surface area contributed by atoms with Gasteiger partial charge in [-0.25, -0.2) is 0 Å². The van der Waals surface area contributed by atoms with Crippen LogP contribution >= 0.6 is 0 Å². The maximum atomic E-state index is 6.07. The lowest BCUT2D eigenvalue weighted by Crippen LogP contribution is -1.79. The van der Waals surface area contributed by atoms with Crippen LogP contribution in [0.1, 0.15) is 19.4 Å². The molecule has 0 spiro atoms. The van der Waals surface area contributed by atoms with E-state index in [0.717, 1.165) is 16.7 Å². The van der Waals surface area contributed by atoms with E-state index in [2.05, 4.69) is 61.5 Å². The highest BCUT2D eigenvalue weighted by molar-refractivity contribution is 6.09. The van der Waals surface area contributed by atoms with Crippen LogP contribution in [0.15, 0.2) is 71.1 Å². The third kappa shape index (κ3) is 2.39. The first kappa shape index (κ1) is 14.4. The summed E-state index contributed by atoms with van der Waals surface area (Å²) in [6, 6.07) is 23.1. The second-order valence-electron chi connectivity index (χ2n) is 5.15. The Labute approximate surface area is 131 Å². The zero-order valence-corrected chi connectivity index (χ0v) is 13.3. The average Bonchev–Trinajstić information content (AvgIpc) is 2.96. The molecule has 0 radical (unpaired) electrons. The van der Waals surface area contributed by atoms with Crippen LogP contribution in [-0.4, -0.2) is 0 Å². The van der Waals surface area contributed by atoms with E-state index in [9.17, 15) is 0 Å². The lowest BCUT2D eigenvalue weighted by atomic mass is 10.0. The van der Waals surface area contributed by atoms with Gasteiger partial charge in [0.1, 0.15) is 11.2 Å². The summed E-state index contributed by atoms with van der Waals surface area (Å²) in [6.45, 7) is 6.10. The molecule has 0 bridgehead atoms. The summed E-state index contributed by atoms with van der Waals surface area (Å²) >= 11 is 0. The molecule has 0 aliphatic carbocycles. The molecule has 22 heavy (non-hydrogen) atoms. The number of hydrogen-bond donors (Lipinski definition) is 0. The van der Waals surface area contributed by atoms with Crippen molar-refractivity contribution in [3.8, 4) is 11.1 Å². The number of rotatable bonds is 1. The molecule has 0 aliphatic rings. The summed E-state index contributed by atoms with van der Waals surface area (Å²) in [7, 11) is 0. The fourth-order valence-corrected chi connectivity index (χ4v) is 2.71. The minimum atomic E-state index is 0.946. The van der Waals surface area contributed by atoms with Crippen LogP contribution in [0.25, 0.3) is 33.1 Å². The van der Waals surface area contributed by atoms with Gasteiger partial charge < -0.3 is 4.42 Å². The van der Waals surface area contributed by atoms with E-state index in [4.69, 9.17) is 4.42 Å². The molecule has 0 atom stereocenters. The maximum absolute atomic E-state index is 6.07. The van der Waals surface area contributed by atoms with Gasteiger partial charge in [-0.2, -0.15) is 0 Å². The first-order valence-electron chi connectivity index (χ1n) is 7.80. The number of hydrogen-bond acceptors (Lipinski definition) is 1. The molecule has 0 N–H and O–H groups in total. The largest absolute Gasteiger partial charge is 0.455 e. The Balaban J connectivity index is 0.000000693. The van der Waals surface area contributed by atoms with Crippen LogP contribution in [0.2, 0.25) is 0 Å². The number of para-hydroxylation sites is 2. The van der Waals surface area contributed by atoms with Gasteiger partial charge in [-0.1, -0.05) is 80.1 Å². The summed E-state index contributed by atoms with van der Waals surface area (Å²) < 4.78 is 6.07. The van der Waals surface area contributed by atoms with Gasteiger partial charge in [0.2, 0.25) is 0 Å². The molecule has 0 unspecified atom stereocenters. The fraction of sp³-hybridized carbons (Fsp3) is 0.143. The second-order valence-corrected chi connectivity index (χ2v) is 5.15. The van der Waals surface area contributed by atoms with Gasteiger partial charge in [-0.3, -0.25) is 0 Å². The molecule has 0 saturated heterocycles. The summed E-state index contributed by atoms with van der Waals surface area (Å²) in [5, 5.41) is 2.36. The van der Waals surface area contributed by atoms with Crippen molar-refractivity contribution >= 4 is 21.9 Å². The molecule has 0 aliphatic heterocycles. The van der Waals surface area contributed by atoms with E-state index < -0.39 is 0 Å². The molecular formula is C21H20O. The van der Waals surface area contributed by atoms with Crippen LogP contribution in [0.3, 0.4) is 0 Å². The monoisotopic (exact) mass is 288 g/mol. The normalized spacial score (nSPS) is 10.5. The molecule has 3 aromatic carbocycles. The molecule has 0 saturated carbocycles. The third-order valence-electron chi connectivity index (χ3n) is 3.77. The van der Waals surface area contributed by atoms with E-state index in [0.29, 0.717) is 0 Å². The number of fused-ring (bicyclic) bond motifs is 3. The topological polar surface area (TPSA) is 13.1 Å². The highest BCUT2D eigenvalue weighted by Crippen LogP contribution is 2.35. The highest BCUT2D eigenvalue weighted by Gasteiger charge is 2.11. The SMILES string of the molecule is CC.Cc1ccc(-c2cccc3c2oc2ccccc23)cc1. The molecular weight excluding hydrogens is 268 g/mol. The van der Waals surface area contributed by atoms with Gasteiger partial charge in [0, 0.05) is 16.3 Å². The van der Waals surface area contributed by atoms with Crippen molar-refractivity contribution in [3.05, 3.63) is 72.3 Å². The summed E-state index contributed by atoms with van der Waals surface area (Å²) in [5.41, 5.74) is 5.53. The molecule has 1 aromatic heterocycles. The summed E-state index contributed by atoms with van der Waals surface area (Å²) in [4.78, 5) is 0. The quantitative estimate of drug-likeness (QED) is 0.385. The van der Waals surface area contributed by atoms with Crippen LogP contribution in [-0.2, 0) is 0 Å². The molecule has 1 heteroatoms. The van der Waals surface area contributed by atoms with Crippen LogP contribution < -0.4 is 0 Å². The average molecular weight is 288 g/mol. The zero-order chi connectivity index (χ0) is 15.5. The van der Waals surface area contributed by atoms with E-state index >= 15 is 0 Å². The van der Waals surface area contributed by atoms with Gasteiger partial charge in [-0.05, 0) is 18.6 Å². The molecule has 0 fully saturated rings. The van der Waals surface area contributed by atoms with Crippen molar-refractivity contribution in [2.24, 2.45) is 0 Å². The lowest BCUT2D eigenvalue weighted by Gasteiger charge is -2.03. The Morgan fingerprint density at radius 3 is 2.14 bits per heavy atom. The van der Waals surface area contributed by atoms with Crippen molar-refractivity contribution in [2.75, 3.05) is 0 Å². The van der Waals surface area contributed by atoms with E-state index in [1.165, 1.54) is 21.9 Å². The van der Waals surface area contributed by atoms with E-state index in [1.54, 1.807) is 0 Å². The molecule has 4 rings (SSSR count). The molecule has 1 heterocycles. The van der Waals surface area contributed by atoms with Crippen molar-refractivity contribution in [2.45, 2.75) is 20.8 Å². The smallest absolute Gasteiger partial charge is 0.143 e. The van der Waals surface area contributed by atoms with E-state index in [1.807, 2.05) is 26.0 Å². The standard InChI is InChI=1S/C19H14O.C2H6/c1-13-9-11-14(12-10-13)15-6-4-7-17-16-5-2-3-8-18(16)20-19(15)17;1-2/h2-12H,1H3;1-2H3. The maximum Gasteiger partial charge on any atom is 0.143 e. The van der Waals surface area contributed by atoms with Crippen molar-refractivity contribution in [1.29, 1.82) is 0 Å². The van der Waals surface area contributed by atoms with Crippen LogP contribution in [0.5, 0.6) is 0 Å². The van der Waals surface area contributed by atoms with Gasteiger partial charge >= 0.3 is 0 Å². The van der Waals surface area contributed by atoms with Crippen LogP contribution in [0, 0.1) is 6.92 Å². The van der Waals surface area contributed by atoms with Gasteiger partial charge in [-0.15, -0.1) is 0 Å². The Bertz CT molecular complexity index is 898. The predicted octanol–water partition coefficient (Wildman–Crippen LogP) is 6.59. The first-order valence-corrected chi connectivity index (χ1v) is 7.80. The number of benzene rings is 3. The van der Waals surface area contributed by atoms with Gasteiger partial charge in [0.15, 0.2) is 0 Å². The minimum absolute atomic E-state index is 0.946. The predicted molar refractivity (Wildman–Crippen MR) is 95.2 cm³/mol. The lowest BCUT2D eigenvalue weighted by molar-refractivity contribution is 0.670. The summed E-state index contributed by atoms with van der Waals surface area (Å²) in [6.07, 6.45) is 0. The number of aryl methyl sites for hydroxylation is 1. The van der Waals surface area contributed by atoms with Crippen molar-refractivity contribution in [3.63, 3.8) is 0 Å². The molecule has 1 nitrogen and oxygen atoms in total. The highest BCUT2D eigenvalue weighted by atomic mass is 16.3. The van der Waals surface area contributed by atoms with E-state index in [-0.39, 0.29) is 0 Å². The Hall–Kier alpha value is -2.54. The molecule has 0 amide bonds. The Kier molecular flexibility index (Phi) is 3.97.